The van der Waals surface area contributed by atoms with Gasteiger partial charge in [-0.3, -0.25) is 19.7 Å². The Morgan fingerprint density at radius 1 is 1.18 bits per heavy atom. The van der Waals surface area contributed by atoms with E-state index in [1.807, 2.05) is 49.1 Å². The maximum absolute atomic E-state index is 13.7. The highest BCUT2D eigenvalue weighted by atomic mass is 32.1. The molecule has 0 spiro atoms. The van der Waals surface area contributed by atoms with Crippen LogP contribution in [0.25, 0.3) is 0 Å². The molecule has 0 saturated carbocycles. The average molecular weight is 478 g/mol. The molecule has 0 bridgehead atoms. The normalized spacial score (nSPS) is 15.9. The molecule has 1 aliphatic heterocycles. The maximum atomic E-state index is 13.7. The van der Waals surface area contributed by atoms with Crippen molar-refractivity contribution in [1.82, 2.24) is 9.80 Å². The smallest absolute Gasteiger partial charge is 0.270 e. The highest BCUT2D eigenvalue weighted by Gasteiger charge is 2.34. The second kappa shape index (κ2) is 10.2. The molecule has 1 aliphatic rings. The minimum absolute atomic E-state index is 0.0840. The van der Waals surface area contributed by atoms with Crippen LogP contribution in [-0.4, -0.2) is 45.7 Å². The van der Waals surface area contributed by atoms with Crippen LogP contribution >= 0.6 is 11.3 Å². The Kier molecular flexibility index (Phi) is 7.07. The van der Waals surface area contributed by atoms with Crippen molar-refractivity contribution in [2.24, 2.45) is 0 Å². The van der Waals surface area contributed by atoms with E-state index in [-0.39, 0.29) is 41.7 Å². The molecule has 0 radical (unpaired) electrons. The quantitative estimate of drug-likeness (QED) is 0.351. The second-order valence-corrected chi connectivity index (χ2v) is 9.45. The van der Waals surface area contributed by atoms with Crippen molar-refractivity contribution in [3.8, 4) is 0 Å². The highest BCUT2D eigenvalue weighted by molar-refractivity contribution is 7.10. The van der Waals surface area contributed by atoms with Crippen molar-refractivity contribution in [1.29, 1.82) is 0 Å². The van der Waals surface area contributed by atoms with Crippen molar-refractivity contribution >= 4 is 28.8 Å². The summed E-state index contributed by atoms with van der Waals surface area (Å²) in [4.78, 5) is 42.4. The number of nitro benzene ring substituents is 1. The average Bonchev–Trinajstić information content (AvgIpc) is 3.35. The predicted molar refractivity (Wildman–Crippen MR) is 132 cm³/mol. The summed E-state index contributed by atoms with van der Waals surface area (Å²) in [5.74, 6) is -0.513. The lowest BCUT2D eigenvalue weighted by molar-refractivity contribution is -0.384. The number of amides is 2. The first-order chi connectivity index (χ1) is 16.4. The topological polar surface area (TPSA) is 83.8 Å². The molecule has 1 aromatic heterocycles. The summed E-state index contributed by atoms with van der Waals surface area (Å²) in [6.45, 7) is 4.34. The Balaban J connectivity index is 1.63. The monoisotopic (exact) mass is 477 g/mol. The van der Waals surface area contributed by atoms with Crippen LogP contribution in [-0.2, 0) is 11.2 Å². The van der Waals surface area contributed by atoms with Gasteiger partial charge in [-0.25, -0.2) is 0 Å². The number of thiophene rings is 1. The third kappa shape index (κ3) is 4.72. The zero-order valence-corrected chi connectivity index (χ0v) is 20.0. The fourth-order valence-corrected chi connectivity index (χ4v) is 5.29. The molecule has 4 rings (SSSR count). The Hall–Kier alpha value is -3.52. The van der Waals surface area contributed by atoms with Gasteiger partial charge in [0.05, 0.1) is 11.0 Å². The molecule has 0 aliphatic carbocycles. The lowest BCUT2D eigenvalue weighted by Gasteiger charge is -2.38. The molecule has 176 valence electrons. The summed E-state index contributed by atoms with van der Waals surface area (Å²) in [5, 5.41) is 13.3. The zero-order valence-electron chi connectivity index (χ0n) is 19.2. The van der Waals surface area contributed by atoms with Crippen LogP contribution in [0, 0.1) is 10.1 Å². The number of non-ortho nitro benzene ring substituents is 1. The number of nitrogens with zero attached hydrogens (tertiary/aromatic N) is 3. The van der Waals surface area contributed by atoms with E-state index < -0.39 is 4.92 Å². The van der Waals surface area contributed by atoms with E-state index in [1.54, 1.807) is 17.4 Å². The van der Waals surface area contributed by atoms with E-state index in [1.165, 1.54) is 28.0 Å². The van der Waals surface area contributed by atoms with Crippen molar-refractivity contribution in [2.45, 2.75) is 38.8 Å². The van der Waals surface area contributed by atoms with Crippen LogP contribution in [0.3, 0.4) is 0 Å². The second-order valence-electron chi connectivity index (χ2n) is 8.45. The van der Waals surface area contributed by atoms with Gasteiger partial charge in [-0.05, 0) is 48.4 Å². The largest absolute Gasteiger partial charge is 0.330 e. The lowest BCUT2D eigenvalue weighted by atomic mass is 9.93. The summed E-state index contributed by atoms with van der Waals surface area (Å²) in [5.41, 5.74) is 2.23. The molecule has 0 unspecified atom stereocenters. The number of hydrogen-bond acceptors (Lipinski definition) is 5. The number of hydrogen-bond donors (Lipinski definition) is 0. The van der Waals surface area contributed by atoms with Crippen molar-refractivity contribution in [2.75, 3.05) is 13.1 Å². The van der Waals surface area contributed by atoms with E-state index in [9.17, 15) is 19.7 Å². The minimum atomic E-state index is -0.522. The molecule has 0 N–H and O–H groups in total. The molecular weight excluding hydrogens is 450 g/mol. The summed E-state index contributed by atoms with van der Waals surface area (Å²) >= 11 is 1.71. The van der Waals surface area contributed by atoms with E-state index in [0.717, 1.165) is 17.5 Å². The predicted octanol–water partition coefficient (Wildman–Crippen LogP) is 5.07. The fourth-order valence-electron chi connectivity index (χ4n) is 4.38. The molecule has 7 nitrogen and oxygen atoms in total. The molecule has 3 aromatic rings. The van der Waals surface area contributed by atoms with Crippen molar-refractivity contribution < 1.29 is 14.5 Å². The Bertz CT molecular complexity index is 1190. The van der Waals surface area contributed by atoms with Crippen LogP contribution in [0.15, 0.2) is 66.0 Å². The van der Waals surface area contributed by atoms with Gasteiger partial charge in [-0.1, -0.05) is 43.3 Å². The summed E-state index contributed by atoms with van der Waals surface area (Å²) in [6.07, 6.45) is 1.44. The number of fused-ring (bicyclic) bond motifs is 1. The molecule has 2 amide bonds. The van der Waals surface area contributed by atoms with Crippen LogP contribution in [0.2, 0.25) is 0 Å². The maximum Gasteiger partial charge on any atom is 0.270 e. The molecule has 34 heavy (non-hydrogen) atoms. The molecular formula is C26H27N3O4S. The number of benzene rings is 2. The van der Waals surface area contributed by atoms with Gasteiger partial charge in [-0.15, -0.1) is 11.3 Å². The van der Waals surface area contributed by atoms with Crippen molar-refractivity contribution in [3.63, 3.8) is 0 Å². The fraction of sp³-hybridized carbons (Fsp3) is 0.308. The summed E-state index contributed by atoms with van der Waals surface area (Å²) in [6, 6.07) is 17.3. The Morgan fingerprint density at radius 2 is 1.94 bits per heavy atom. The van der Waals surface area contributed by atoms with Crippen LogP contribution in [0.4, 0.5) is 5.69 Å². The molecule has 8 heteroatoms. The molecule has 0 fully saturated rings. The third-order valence-electron chi connectivity index (χ3n) is 6.39. The Labute approximate surface area is 202 Å². The molecule has 0 saturated heterocycles. The van der Waals surface area contributed by atoms with Crippen LogP contribution in [0.1, 0.15) is 52.7 Å². The van der Waals surface area contributed by atoms with Gasteiger partial charge < -0.3 is 9.80 Å². The number of rotatable bonds is 7. The van der Waals surface area contributed by atoms with Crippen LogP contribution < -0.4 is 0 Å². The number of carbonyl (C=O) groups excluding carboxylic acids is 2. The Morgan fingerprint density at radius 3 is 2.65 bits per heavy atom. The first-order valence-corrected chi connectivity index (χ1v) is 12.2. The highest BCUT2D eigenvalue weighted by Crippen LogP contribution is 2.37. The first kappa shape index (κ1) is 23.6. The standard InChI is InChI=1S/C26H27N3O4S/c1-3-18(2)28(26(31)20-10-7-11-21(16-20)29(32)33)17-24(30)27-14-12-23-22(13-15-34-23)25(27)19-8-5-4-6-9-19/h4-11,13,15-16,18,25H,3,12,14,17H2,1-2H3/t18-,25+/m0/s1. The van der Waals surface area contributed by atoms with E-state index in [0.29, 0.717) is 13.0 Å². The SMILES string of the molecule is CC[C@H](C)N(CC(=O)N1CCc2sccc2[C@H]1c1ccccc1)C(=O)c1cccc([N+](=O)[O-])c1. The number of nitro groups is 1. The van der Waals surface area contributed by atoms with Gasteiger partial charge in [0.2, 0.25) is 5.91 Å². The van der Waals surface area contributed by atoms with Gasteiger partial charge in [-0.2, -0.15) is 0 Å². The molecule has 2 aromatic carbocycles. The van der Waals surface area contributed by atoms with E-state index in [4.69, 9.17) is 0 Å². The van der Waals surface area contributed by atoms with Gasteiger partial charge in [0, 0.05) is 35.2 Å². The van der Waals surface area contributed by atoms with E-state index >= 15 is 0 Å². The van der Waals surface area contributed by atoms with Crippen molar-refractivity contribution in [3.05, 3.63) is 97.7 Å². The van der Waals surface area contributed by atoms with Gasteiger partial charge in [0.15, 0.2) is 0 Å². The molecule has 2 atom stereocenters. The number of carbonyl (C=O) groups is 2. The van der Waals surface area contributed by atoms with Crippen LogP contribution in [0.5, 0.6) is 0 Å². The molecule has 2 heterocycles. The van der Waals surface area contributed by atoms with Gasteiger partial charge in [0.25, 0.3) is 11.6 Å². The lowest BCUT2D eigenvalue weighted by Crippen LogP contribution is -2.49. The summed E-state index contributed by atoms with van der Waals surface area (Å²) in [7, 11) is 0. The van der Waals surface area contributed by atoms with Gasteiger partial charge in [0.1, 0.15) is 6.54 Å². The summed E-state index contributed by atoms with van der Waals surface area (Å²) < 4.78 is 0. The first-order valence-electron chi connectivity index (χ1n) is 11.4. The minimum Gasteiger partial charge on any atom is -0.330 e. The third-order valence-corrected chi connectivity index (χ3v) is 7.39. The zero-order chi connectivity index (χ0) is 24.2. The van der Waals surface area contributed by atoms with Gasteiger partial charge >= 0.3 is 0 Å². The van der Waals surface area contributed by atoms with E-state index in [2.05, 4.69) is 11.4 Å².